The summed E-state index contributed by atoms with van der Waals surface area (Å²) < 4.78 is 13.0. The van der Waals surface area contributed by atoms with Crippen molar-refractivity contribution < 1.29 is 9.18 Å². The number of rotatable bonds is 7. The fourth-order valence-electron chi connectivity index (χ4n) is 2.80. The van der Waals surface area contributed by atoms with Crippen LogP contribution in [0.3, 0.4) is 0 Å². The summed E-state index contributed by atoms with van der Waals surface area (Å²) in [5, 5.41) is 12.3. The van der Waals surface area contributed by atoms with Crippen molar-refractivity contribution in [2.75, 3.05) is 58.3 Å². The Kier molecular flexibility index (Phi) is 7.42. The molecule has 1 aromatic rings. The Morgan fingerprint density at radius 3 is 2.50 bits per heavy atom. The third-order valence-corrected chi connectivity index (χ3v) is 4.28. The van der Waals surface area contributed by atoms with Crippen LogP contribution >= 0.6 is 0 Å². The molecular formula is C19H26FN5O. The molecule has 0 aromatic heterocycles. The maximum Gasteiger partial charge on any atom is 0.266 e. The highest BCUT2D eigenvalue weighted by Gasteiger charge is 2.23. The molecule has 1 heterocycles. The minimum atomic E-state index is -0.260. The minimum absolute atomic E-state index is 0.130. The molecule has 0 bridgehead atoms. The second-order valence-electron chi connectivity index (χ2n) is 6.54. The lowest BCUT2D eigenvalue weighted by Gasteiger charge is -2.36. The first-order valence-corrected chi connectivity index (χ1v) is 8.79. The predicted octanol–water partition coefficient (Wildman–Crippen LogP) is 1.42. The van der Waals surface area contributed by atoms with Crippen molar-refractivity contribution in [3.05, 3.63) is 41.9 Å². The second kappa shape index (κ2) is 9.78. The summed E-state index contributed by atoms with van der Waals surface area (Å²) in [5.41, 5.74) is 1.07. The number of benzene rings is 1. The molecule has 1 aliphatic rings. The van der Waals surface area contributed by atoms with Gasteiger partial charge >= 0.3 is 0 Å². The number of anilines is 1. The number of piperazine rings is 1. The summed E-state index contributed by atoms with van der Waals surface area (Å²) in [6.07, 6.45) is 2.46. The summed E-state index contributed by atoms with van der Waals surface area (Å²) >= 11 is 0. The molecule has 140 valence electrons. The van der Waals surface area contributed by atoms with Crippen LogP contribution in [-0.2, 0) is 4.79 Å². The van der Waals surface area contributed by atoms with Crippen molar-refractivity contribution in [2.24, 2.45) is 0 Å². The van der Waals surface area contributed by atoms with E-state index in [1.807, 2.05) is 20.2 Å². The molecule has 0 spiro atoms. The normalized spacial score (nSPS) is 15.1. The molecule has 1 saturated heterocycles. The molecule has 1 aliphatic heterocycles. The van der Waals surface area contributed by atoms with Crippen molar-refractivity contribution in [1.29, 1.82) is 5.26 Å². The van der Waals surface area contributed by atoms with Crippen LogP contribution in [0.4, 0.5) is 10.1 Å². The number of hydrogen-bond acceptors (Lipinski definition) is 5. The predicted molar refractivity (Wildman–Crippen MR) is 100 cm³/mol. The quantitative estimate of drug-likeness (QED) is 0.453. The van der Waals surface area contributed by atoms with Crippen molar-refractivity contribution in [3.8, 4) is 6.07 Å². The van der Waals surface area contributed by atoms with E-state index in [0.717, 1.165) is 25.2 Å². The van der Waals surface area contributed by atoms with Gasteiger partial charge < -0.3 is 20.0 Å². The zero-order valence-electron chi connectivity index (χ0n) is 15.4. The first kappa shape index (κ1) is 19.7. The van der Waals surface area contributed by atoms with Gasteiger partial charge in [0.05, 0.1) is 0 Å². The molecule has 0 saturated carbocycles. The average Bonchev–Trinajstić information content (AvgIpc) is 2.65. The van der Waals surface area contributed by atoms with Crippen molar-refractivity contribution in [2.45, 2.75) is 6.42 Å². The summed E-state index contributed by atoms with van der Waals surface area (Å²) in [6.45, 7) is 4.06. The van der Waals surface area contributed by atoms with E-state index in [-0.39, 0.29) is 17.3 Å². The van der Waals surface area contributed by atoms with Gasteiger partial charge in [0.25, 0.3) is 5.91 Å². The summed E-state index contributed by atoms with van der Waals surface area (Å²) in [6, 6.07) is 8.34. The lowest BCUT2D eigenvalue weighted by molar-refractivity contribution is -0.127. The molecular weight excluding hydrogens is 333 g/mol. The van der Waals surface area contributed by atoms with Gasteiger partial charge in [-0.25, -0.2) is 4.39 Å². The highest BCUT2D eigenvalue weighted by Crippen LogP contribution is 2.17. The molecule has 6 nitrogen and oxygen atoms in total. The number of nitriles is 1. The van der Waals surface area contributed by atoms with Gasteiger partial charge in [0.1, 0.15) is 17.5 Å². The second-order valence-corrected chi connectivity index (χ2v) is 6.54. The summed E-state index contributed by atoms with van der Waals surface area (Å²) in [7, 11) is 4.01. The van der Waals surface area contributed by atoms with Crippen LogP contribution in [0.15, 0.2) is 36.0 Å². The van der Waals surface area contributed by atoms with Crippen LogP contribution in [-0.4, -0.2) is 69.1 Å². The summed E-state index contributed by atoms with van der Waals surface area (Å²) in [5.74, 6) is -0.504. The zero-order valence-corrected chi connectivity index (χ0v) is 15.4. The Morgan fingerprint density at radius 2 is 1.92 bits per heavy atom. The molecule has 0 aliphatic carbocycles. The lowest BCUT2D eigenvalue weighted by atomic mass is 10.2. The van der Waals surface area contributed by atoms with Crippen molar-refractivity contribution >= 4 is 11.6 Å². The molecule has 1 N–H and O–H groups in total. The maximum absolute atomic E-state index is 13.0. The van der Waals surface area contributed by atoms with Crippen LogP contribution in [0.25, 0.3) is 0 Å². The van der Waals surface area contributed by atoms with Gasteiger partial charge in [-0.05, 0) is 51.3 Å². The Labute approximate surface area is 154 Å². The Hall–Kier alpha value is -2.59. The fraction of sp³-hybridized carbons (Fsp3) is 0.474. The number of carbonyl (C=O) groups is 1. The maximum atomic E-state index is 13.0. The monoisotopic (exact) mass is 359 g/mol. The van der Waals surface area contributed by atoms with Gasteiger partial charge in [0, 0.05) is 44.6 Å². The largest absolute Gasteiger partial charge is 0.390 e. The van der Waals surface area contributed by atoms with Crippen LogP contribution in [0.5, 0.6) is 0 Å². The number of halogens is 1. The topological polar surface area (TPSA) is 62.6 Å². The average molecular weight is 359 g/mol. The molecule has 26 heavy (non-hydrogen) atoms. The van der Waals surface area contributed by atoms with E-state index in [1.165, 1.54) is 18.3 Å². The molecule has 2 rings (SSSR count). The summed E-state index contributed by atoms with van der Waals surface area (Å²) in [4.78, 5) is 18.4. The Balaban J connectivity index is 1.83. The van der Waals surface area contributed by atoms with E-state index >= 15 is 0 Å². The first-order chi connectivity index (χ1) is 12.5. The van der Waals surface area contributed by atoms with Gasteiger partial charge in [0.2, 0.25) is 0 Å². The third-order valence-electron chi connectivity index (χ3n) is 4.28. The number of amides is 1. The molecule has 7 heteroatoms. The van der Waals surface area contributed by atoms with Crippen LogP contribution in [0.1, 0.15) is 6.42 Å². The number of nitrogens with zero attached hydrogens (tertiary/aromatic N) is 4. The van der Waals surface area contributed by atoms with E-state index in [4.69, 9.17) is 0 Å². The van der Waals surface area contributed by atoms with Crippen LogP contribution in [0.2, 0.25) is 0 Å². The molecule has 0 radical (unpaired) electrons. The molecule has 1 amide bonds. The van der Waals surface area contributed by atoms with E-state index in [9.17, 15) is 14.4 Å². The van der Waals surface area contributed by atoms with Gasteiger partial charge in [-0.2, -0.15) is 5.26 Å². The molecule has 0 atom stereocenters. The van der Waals surface area contributed by atoms with Crippen molar-refractivity contribution in [1.82, 2.24) is 15.1 Å². The SMILES string of the molecule is CN(C)CCCN/C=C(/C#N)C(=O)N1CCN(c2ccc(F)cc2)CC1. The van der Waals surface area contributed by atoms with E-state index in [2.05, 4.69) is 15.1 Å². The van der Waals surface area contributed by atoms with Gasteiger partial charge in [-0.15, -0.1) is 0 Å². The minimum Gasteiger partial charge on any atom is -0.390 e. The lowest BCUT2D eigenvalue weighted by Crippen LogP contribution is -2.49. The van der Waals surface area contributed by atoms with E-state index in [0.29, 0.717) is 26.2 Å². The highest BCUT2D eigenvalue weighted by molar-refractivity contribution is 5.97. The van der Waals surface area contributed by atoms with Gasteiger partial charge in [-0.3, -0.25) is 4.79 Å². The van der Waals surface area contributed by atoms with Crippen LogP contribution < -0.4 is 10.2 Å². The third kappa shape index (κ3) is 5.74. The number of nitrogens with one attached hydrogen (secondary N) is 1. The smallest absolute Gasteiger partial charge is 0.266 e. The Bertz CT molecular complexity index is 658. The van der Waals surface area contributed by atoms with E-state index in [1.54, 1.807) is 17.0 Å². The standard InChI is InChI=1S/C19H26FN5O/c1-23(2)9-3-8-22-15-16(14-21)19(26)25-12-10-24(11-13-25)18-6-4-17(20)5-7-18/h4-7,15,22H,3,8-13H2,1-2H3/b16-15-. The van der Waals surface area contributed by atoms with Gasteiger partial charge in [0.15, 0.2) is 0 Å². The van der Waals surface area contributed by atoms with E-state index < -0.39 is 0 Å². The highest BCUT2D eigenvalue weighted by atomic mass is 19.1. The van der Waals surface area contributed by atoms with Crippen LogP contribution in [0, 0.1) is 17.1 Å². The number of carbonyl (C=O) groups excluding carboxylic acids is 1. The molecule has 1 aromatic carbocycles. The molecule has 1 fully saturated rings. The van der Waals surface area contributed by atoms with Crippen molar-refractivity contribution in [3.63, 3.8) is 0 Å². The first-order valence-electron chi connectivity index (χ1n) is 8.79. The number of hydrogen-bond donors (Lipinski definition) is 1. The fourth-order valence-corrected chi connectivity index (χ4v) is 2.80. The zero-order chi connectivity index (χ0) is 18.9. The van der Waals surface area contributed by atoms with Gasteiger partial charge in [-0.1, -0.05) is 0 Å². The molecule has 0 unspecified atom stereocenters. The Morgan fingerprint density at radius 1 is 1.27 bits per heavy atom.